The number of ether oxygens (including phenoxy) is 1. The van der Waals surface area contributed by atoms with Gasteiger partial charge in [-0.1, -0.05) is 6.08 Å². The number of hydrogen-bond acceptors (Lipinski definition) is 4. The van der Waals surface area contributed by atoms with Crippen LogP contribution >= 0.6 is 0 Å². The van der Waals surface area contributed by atoms with Crippen molar-refractivity contribution in [2.45, 2.75) is 25.0 Å². The van der Waals surface area contributed by atoms with Crippen LogP contribution in [0.2, 0.25) is 0 Å². The molecule has 4 heterocycles. The van der Waals surface area contributed by atoms with Gasteiger partial charge in [0, 0.05) is 24.2 Å². The van der Waals surface area contributed by atoms with E-state index in [0.29, 0.717) is 11.8 Å². The fourth-order valence-electron chi connectivity index (χ4n) is 4.44. The van der Waals surface area contributed by atoms with Crippen molar-refractivity contribution < 1.29 is 27.1 Å². The average Bonchev–Trinajstić information content (AvgIpc) is 2.71. The lowest BCUT2D eigenvalue weighted by Crippen LogP contribution is -2.54. The zero-order chi connectivity index (χ0) is 21.2. The highest BCUT2D eigenvalue weighted by atomic mass is 19.5. The standard InChI is InChI=1S/C20H24N2O2.BF4/c1-3-13-12-22-9-7-14(13)10-19(22)20(23)16-6-8-21-18-5-4-15(24-2)11-17(16)18;2-1(3,4)5/h3-6,8,11,13-14,19-20,23H,1,7,9-10,12H2,2H3;/q;-1/t13-,14-,19+,20-;/m0./s1. The maximum absolute atomic E-state index is 11.2. The number of benzene rings is 1. The van der Waals surface area contributed by atoms with Crippen LogP contribution in [0.1, 0.15) is 24.5 Å². The van der Waals surface area contributed by atoms with Gasteiger partial charge in [0.05, 0.1) is 18.7 Å². The summed E-state index contributed by atoms with van der Waals surface area (Å²) in [4.78, 5) is 6.86. The number of aliphatic hydroxyl groups excluding tert-OH is 1. The lowest BCUT2D eigenvalue weighted by Gasteiger charge is -2.50. The van der Waals surface area contributed by atoms with Gasteiger partial charge in [-0.3, -0.25) is 9.88 Å². The molecule has 3 aliphatic rings. The second-order valence-electron chi connectivity index (χ2n) is 7.47. The lowest BCUT2D eigenvalue weighted by molar-refractivity contribution is -0.0444. The third-order valence-electron chi connectivity index (χ3n) is 5.82. The smallest absolute Gasteiger partial charge is 0.497 e. The summed E-state index contributed by atoms with van der Waals surface area (Å²) < 4.78 is 44.3. The van der Waals surface area contributed by atoms with Gasteiger partial charge in [-0.25, -0.2) is 0 Å². The molecular formula is C20H24BF4N2O2-. The first-order chi connectivity index (χ1) is 13.7. The van der Waals surface area contributed by atoms with Crippen LogP contribution < -0.4 is 4.74 Å². The molecule has 0 radical (unpaired) electrons. The zero-order valence-corrected chi connectivity index (χ0v) is 16.1. The number of methoxy groups -OCH3 is 1. The van der Waals surface area contributed by atoms with Gasteiger partial charge in [-0.2, -0.15) is 0 Å². The van der Waals surface area contributed by atoms with E-state index in [9.17, 15) is 22.4 Å². The molecule has 0 aliphatic carbocycles. The van der Waals surface area contributed by atoms with Crippen LogP contribution in [0.15, 0.2) is 43.1 Å². The first-order valence-corrected chi connectivity index (χ1v) is 9.56. The third-order valence-corrected chi connectivity index (χ3v) is 5.82. The summed E-state index contributed by atoms with van der Waals surface area (Å²) in [5, 5.41) is 12.1. The minimum Gasteiger partial charge on any atom is -0.497 e. The first kappa shape index (κ1) is 21.6. The van der Waals surface area contributed by atoms with E-state index in [2.05, 4.69) is 22.5 Å². The first-order valence-electron chi connectivity index (χ1n) is 9.56. The summed E-state index contributed by atoms with van der Waals surface area (Å²) in [5.41, 5.74) is 1.85. The van der Waals surface area contributed by atoms with Crippen LogP contribution in [0.4, 0.5) is 17.3 Å². The molecule has 0 spiro atoms. The number of hydrogen-bond donors (Lipinski definition) is 1. The van der Waals surface area contributed by atoms with E-state index in [1.165, 1.54) is 6.42 Å². The molecule has 2 bridgehead atoms. The van der Waals surface area contributed by atoms with E-state index in [4.69, 9.17) is 4.74 Å². The molecule has 3 saturated heterocycles. The van der Waals surface area contributed by atoms with Crippen LogP contribution in [-0.4, -0.2) is 48.5 Å². The zero-order valence-electron chi connectivity index (χ0n) is 16.1. The number of aliphatic hydroxyl groups is 1. The summed E-state index contributed by atoms with van der Waals surface area (Å²) >= 11 is 0. The molecule has 4 nitrogen and oxygen atoms in total. The summed E-state index contributed by atoms with van der Waals surface area (Å²) in [6.45, 7) is 6.07. The molecule has 5 atom stereocenters. The van der Waals surface area contributed by atoms with Gasteiger partial charge in [-0.05, 0) is 61.1 Å². The highest BCUT2D eigenvalue weighted by Gasteiger charge is 2.42. The van der Waals surface area contributed by atoms with E-state index in [0.717, 1.165) is 41.7 Å². The lowest BCUT2D eigenvalue weighted by atomic mass is 9.73. The Balaban J connectivity index is 0.000000431. The molecule has 1 aromatic carbocycles. The van der Waals surface area contributed by atoms with E-state index in [-0.39, 0.29) is 6.04 Å². The molecule has 3 fully saturated rings. The van der Waals surface area contributed by atoms with Gasteiger partial charge < -0.3 is 27.1 Å². The summed E-state index contributed by atoms with van der Waals surface area (Å²) in [7, 11) is -4.34. The number of pyridine rings is 1. The quantitative estimate of drug-likeness (QED) is 0.458. The Kier molecular flexibility index (Phi) is 6.48. The Hall–Kier alpha value is -2.13. The van der Waals surface area contributed by atoms with Crippen molar-refractivity contribution in [3.8, 4) is 5.75 Å². The molecule has 158 valence electrons. The van der Waals surface area contributed by atoms with E-state index in [1.54, 1.807) is 13.3 Å². The number of halogens is 4. The molecule has 0 saturated carbocycles. The number of nitrogens with zero attached hydrogens (tertiary/aromatic N) is 2. The predicted molar refractivity (Wildman–Crippen MR) is 105 cm³/mol. The van der Waals surface area contributed by atoms with Crippen LogP contribution in [0, 0.1) is 11.8 Å². The maximum Gasteiger partial charge on any atom is 0.673 e. The average molecular weight is 411 g/mol. The molecule has 1 N–H and O–H groups in total. The topological polar surface area (TPSA) is 45.6 Å². The maximum atomic E-state index is 11.2. The van der Waals surface area contributed by atoms with Crippen molar-refractivity contribution in [1.29, 1.82) is 0 Å². The SMILES string of the molecule is C=C[C@H]1C[N@]2CC[C@H]1C[C@@H]2[C@@H](O)c1ccnc2ccc(OC)cc12.F[B-](F)(F)F. The van der Waals surface area contributed by atoms with Crippen molar-refractivity contribution in [3.63, 3.8) is 0 Å². The normalized spacial score (nSPS) is 27.1. The predicted octanol–water partition coefficient (Wildman–Crippen LogP) is 4.47. The monoisotopic (exact) mass is 411 g/mol. The molecule has 0 amide bonds. The molecular weight excluding hydrogens is 387 g/mol. The minimum absolute atomic E-state index is 0.178. The Morgan fingerprint density at radius 3 is 2.62 bits per heavy atom. The largest absolute Gasteiger partial charge is 0.673 e. The van der Waals surface area contributed by atoms with Crippen molar-refractivity contribution in [3.05, 3.63) is 48.7 Å². The number of rotatable bonds is 4. The van der Waals surface area contributed by atoms with Crippen molar-refractivity contribution in [1.82, 2.24) is 9.88 Å². The van der Waals surface area contributed by atoms with Gasteiger partial charge in [0.1, 0.15) is 5.75 Å². The third kappa shape index (κ3) is 5.08. The number of aromatic nitrogens is 1. The Bertz CT molecular complexity index is 858. The Morgan fingerprint density at radius 1 is 1.31 bits per heavy atom. The summed E-state index contributed by atoms with van der Waals surface area (Å²) in [5.74, 6) is 2.01. The van der Waals surface area contributed by atoms with Crippen LogP contribution in [0.5, 0.6) is 5.75 Å². The Morgan fingerprint density at radius 2 is 2.03 bits per heavy atom. The highest BCUT2D eigenvalue weighted by molar-refractivity contribution is 6.50. The summed E-state index contributed by atoms with van der Waals surface area (Å²) in [6.07, 6.45) is 5.62. The van der Waals surface area contributed by atoms with Gasteiger partial charge in [0.2, 0.25) is 0 Å². The van der Waals surface area contributed by atoms with Crippen molar-refractivity contribution in [2.75, 3.05) is 20.2 Å². The molecule has 3 aliphatic heterocycles. The minimum atomic E-state index is -6.00. The molecule has 0 unspecified atom stereocenters. The summed E-state index contributed by atoms with van der Waals surface area (Å²) in [6, 6.07) is 7.96. The number of piperidine rings is 3. The van der Waals surface area contributed by atoms with Crippen LogP contribution in [-0.2, 0) is 0 Å². The Labute approximate surface area is 167 Å². The van der Waals surface area contributed by atoms with Crippen molar-refractivity contribution in [2.24, 2.45) is 11.8 Å². The fourth-order valence-corrected chi connectivity index (χ4v) is 4.44. The highest BCUT2D eigenvalue weighted by Crippen LogP contribution is 2.42. The molecule has 1 aromatic heterocycles. The van der Waals surface area contributed by atoms with E-state index in [1.807, 2.05) is 24.3 Å². The van der Waals surface area contributed by atoms with E-state index >= 15 is 0 Å². The van der Waals surface area contributed by atoms with E-state index < -0.39 is 13.4 Å². The number of fused-ring (bicyclic) bond motifs is 4. The van der Waals surface area contributed by atoms with Gasteiger partial charge in [-0.15, -0.1) is 6.58 Å². The molecule has 2 aromatic rings. The van der Waals surface area contributed by atoms with Crippen molar-refractivity contribution >= 4 is 18.2 Å². The second kappa shape index (κ2) is 8.71. The van der Waals surface area contributed by atoms with Gasteiger partial charge >= 0.3 is 7.25 Å². The van der Waals surface area contributed by atoms with Crippen LogP contribution in [0.25, 0.3) is 10.9 Å². The molecule has 29 heavy (non-hydrogen) atoms. The second-order valence-corrected chi connectivity index (χ2v) is 7.47. The van der Waals surface area contributed by atoms with Crippen LogP contribution in [0.3, 0.4) is 0 Å². The van der Waals surface area contributed by atoms with Gasteiger partial charge in [0.25, 0.3) is 0 Å². The molecule has 5 rings (SSSR count). The van der Waals surface area contributed by atoms with Gasteiger partial charge in [0.15, 0.2) is 0 Å². The molecule has 9 heteroatoms. The fraction of sp³-hybridized carbons (Fsp3) is 0.450.